The molecule has 2 rings (SSSR count). The lowest BCUT2D eigenvalue weighted by Gasteiger charge is -2.08. The van der Waals surface area contributed by atoms with Crippen molar-refractivity contribution in [3.05, 3.63) is 35.5 Å². The molecule has 0 fully saturated rings. The number of nitrogens with one attached hydrogen (secondary N) is 1. The summed E-state index contributed by atoms with van der Waals surface area (Å²) in [6, 6.07) is 2.32. The summed E-state index contributed by atoms with van der Waals surface area (Å²) in [5.41, 5.74) is 3.40. The van der Waals surface area contributed by atoms with E-state index in [0.29, 0.717) is 6.04 Å². The quantitative estimate of drug-likeness (QED) is 0.892. The number of hydrogen-bond acceptors (Lipinski definition) is 4. The molecule has 5 nitrogen and oxygen atoms in total. The first kappa shape index (κ1) is 12.7. The number of rotatable bonds is 4. The second-order valence-corrected chi connectivity index (χ2v) is 4.66. The Labute approximate surface area is 107 Å². The summed E-state index contributed by atoms with van der Waals surface area (Å²) >= 11 is 0. The molecule has 1 N–H and O–H groups in total. The predicted molar refractivity (Wildman–Crippen MR) is 70.6 cm³/mol. The summed E-state index contributed by atoms with van der Waals surface area (Å²) in [6.45, 7) is 9.21. The Morgan fingerprint density at radius 1 is 1.33 bits per heavy atom. The molecule has 0 saturated carbocycles. The van der Waals surface area contributed by atoms with E-state index in [2.05, 4.69) is 41.2 Å². The minimum Gasteiger partial charge on any atom is -0.310 e. The Balaban J connectivity index is 2.32. The summed E-state index contributed by atoms with van der Waals surface area (Å²) in [7, 11) is 0. The van der Waals surface area contributed by atoms with Gasteiger partial charge in [-0.3, -0.25) is 0 Å². The molecule has 0 aliphatic heterocycles. The fourth-order valence-corrected chi connectivity index (χ4v) is 1.87. The number of nitrogens with zero attached hydrogens (tertiary/aromatic N) is 4. The molecule has 0 amide bonds. The molecule has 2 aromatic heterocycles. The van der Waals surface area contributed by atoms with Gasteiger partial charge in [0.15, 0.2) is 5.82 Å². The van der Waals surface area contributed by atoms with Crippen LogP contribution >= 0.6 is 0 Å². The monoisotopic (exact) mass is 245 g/mol. The van der Waals surface area contributed by atoms with Crippen molar-refractivity contribution in [2.45, 2.75) is 40.3 Å². The highest BCUT2D eigenvalue weighted by molar-refractivity contribution is 5.31. The zero-order valence-electron chi connectivity index (χ0n) is 11.3. The summed E-state index contributed by atoms with van der Waals surface area (Å²) in [4.78, 5) is 8.15. The summed E-state index contributed by atoms with van der Waals surface area (Å²) in [5, 5.41) is 7.97. The van der Waals surface area contributed by atoms with Crippen LogP contribution in [0.5, 0.6) is 0 Å². The van der Waals surface area contributed by atoms with Crippen LogP contribution < -0.4 is 5.32 Å². The van der Waals surface area contributed by atoms with Crippen LogP contribution in [0.1, 0.15) is 30.8 Å². The van der Waals surface area contributed by atoms with E-state index < -0.39 is 0 Å². The van der Waals surface area contributed by atoms with E-state index in [1.165, 1.54) is 11.9 Å². The largest absolute Gasteiger partial charge is 0.310 e. The highest BCUT2D eigenvalue weighted by atomic mass is 15.3. The molecule has 2 heterocycles. The Bertz CT molecular complexity index is 516. The SMILES string of the molecule is Cc1nn(-c2ccncn2)c(C)c1CNC(C)C. The van der Waals surface area contributed by atoms with Crippen molar-refractivity contribution in [2.24, 2.45) is 0 Å². The standard InChI is InChI=1S/C13H19N5/c1-9(2)15-7-12-10(3)17-18(11(12)4)13-5-6-14-8-16-13/h5-6,8-9,15H,7H2,1-4H3. The summed E-state index contributed by atoms with van der Waals surface area (Å²) < 4.78 is 1.87. The Kier molecular flexibility index (Phi) is 3.72. The van der Waals surface area contributed by atoms with Crippen molar-refractivity contribution in [2.75, 3.05) is 0 Å². The van der Waals surface area contributed by atoms with Gasteiger partial charge >= 0.3 is 0 Å². The molecule has 2 aromatic rings. The molecule has 5 heteroatoms. The molecular formula is C13H19N5. The molecule has 0 atom stereocenters. The van der Waals surface area contributed by atoms with E-state index in [9.17, 15) is 0 Å². The van der Waals surface area contributed by atoms with Crippen LogP contribution in [-0.4, -0.2) is 25.8 Å². The van der Waals surface area contributed by atoms with E-state index in [0.717, 1.165) is 23.8 Å². The molecule has 0 aromatic carbocycles. The minimum absolute atomic E-state index is 0.464. The highest BCUT2D eigenvalue weighted by Gasteiger charge is 2.13. The minimum atomic E-state index is 0.464. The second-order valence-electron chi connectivity index (χ2n) is 4.66. The van der Waals surface area contributed by atoms with Gasteiger partial charge in [-0.15, -0.1) is 0 Å². The van der Waals surface area contributed by atoms with Crippen LogP contribution in [0, 0.1) is 13.8 Å². The fourth-order valence-electron chi connectivity index (χ4n) is 1.87. The van der Waals surface area contributed by atoms with Gasteiger partial charge in [0.2, 0.25) is 0 Å². The zero-order chi connectivity index (χ0) is 13.1. The number of aryl methyl sites for hydroxylation is 1. The highest BCUT2D eigenvalue weighted by Crippen LogP contribution is 2.16. The first-order valence-corrected chi connectivity index (χ1v) is 6.14. The van der Waals surface area contributed by atoms with Gasteiger partial charge in [-0.2, -0.15) is 5.10 Å². The molecule has 0 spiro atoms. The fraction of sp³-hybridized carbons (Fsp3) is 0.462. The molecule has 18 heavy (non-hydrogen) atoms. The van der Waals surface area contributed by atoms with E-state index in [1.54, 1.807) is 6.20 Å². The molecule has 0 bridgehead atoms. The lowest BCUT2D eigenvalue weighted by Crippen LogP contribution is -2.22. The maximum absolute atomic E-state index is 4.54. The topological polar surface area (TPSA) is 55.6 Å². The van der Waals surface area contributed by atoms with Gasteiger partial charge in [0.25, 0.3) is 0 Å². The zero-order valence-corrected chi connectivity index (χ0v) is 11.3. The lowest BCUT2D eigenvalue weighted by molar-refractivity contribution is 0.586. The van der Waals surface area contributed by atoms with Crippen LogP contribution in [0.15, 0.2) is 18.6 Å². The van der Waals surface area contributed by atoms with Gasteiger partial charge in [-0.25, -0.2) is 14.6 Å². The molecular weight excluding hydrogens is 226 g/mol. The van der Waals surface area contributed by atoms with E-state index in [-0.39, 0.29) is 0 Å². The molecule has 0 unspecified atom stereocenters. The average Bonchev–Trinajstić information content (AvgIpc) is 2.63. The number of hydrogen-bond donors (Lipinski definition) is 1. The van der Waals surface area contributed by atoms with Crippen molar-refractivity contribution in [1.82, 2.24) is 25.1 Å². The Morgan fingerprint density at radius 2 is 2.11 bits per heavy atom. The van der Waals surface area contributed by atoms with Gasteiger partial charge in [0, 0.05) is 36.1 Å². The van der Waals surface area contributed by atoms with Gasteiger partial charge in [-0.05, 0) is 13.8 Å². The average molecular weight is 245 g/mol. The van der Waals surface area contributed by atoms with Crippen molar-refractivity contribution < 1.29 is 0 Å². The Morgan fingerprint density at radius 3 is 2.72 bits per heavy atom. The molecule has 96 valence electrons. The lowest BCUT2D eigenvalue weighted by atomic mass is 10.2. The maximum atomic E-state index is 4.54. The summed E-state index contributed by atoms with van der Waals surface area (Å²) in [5.74, 6) is 0.807. The van der Waals surface area contributed by atoms with Crippen molar-refractivity contribution in [1.29, 1.82) is 0 Å². The first-order chi connectivity index (χ1) is 8.59. The van der Waals surface area contributed by atoms with Gasteiger partial charge < -0.3 is 5.32 Å². The van der Waals surface area contributed by atoms with Crippen LogP contribution in [0.25, 0.3) is 5.82 Å². The summed E-state index contributed by atoms with van der Waals surface area (Å²) in [6.07, 6.45) is 3.27. The van der Waals surface area contributed by atoms with Crippen LogP contribution in [0.2, 0.25) is 0 Å². The van der Waals surface area contributed by atoms with E-state index >= 15 is 0 Å². The van der Waals surface area contributed by atoms with Crippen LogP contribution in [0.4, 0.5) is 0 Å². The normalized spacial score (nSPS) is 11.2. The van der Waals surface area contributed by atoms with Crippen LogP contribution in [0.3, 0.4) is 0 Å². The molecule has 0 saturated heterocycles. The van der Waals surface area contributed by atoms with Crippen LogP contribution in [-0.2, 0) is 6.54 Å². The van der Waals surface area contributed by atoms with Crippen molar-refractivity contribution >= 4 is 0 Å². The third kappa shape index (κ3) is 2.56. The predicted octanol–water partition coefficient (Wildman–Crippen LogP) is 1.78. The third-order valence-electron chi connectivity index (χ3n) is 2.91. The molecule has 0 aliphatic carbocycles. The van der Waals surface area contributed by atoms with E-state index in [1.807, 2.05) is 17.7 Å². The first-order valence-electron chi connectivity index (χ1n) is 6.14. The maximum Gasteiger partial charge on any atom is 0.156 e. The van der Waals surface area contributed by atoms with Crippen molar-refractivity contribution in [3.63, 3.8) is 0 Å². The number of aromatic nitrogens is 4. The molecule has 0 aliphatic rings. The smallest absolute Gasteiger partial charge is 0.156 e. The van der Waals surface area contributed by atoms with E-state index in [4.69, 9.17) is 0 Å². The molecule has 0 radical (unpaired) electrons. The third-order valence-corrected chi connectivity index (χ3v) is 2.91. The van der Waals surface area contributed by atoms with Gasteiger partial charge in [0.05, 0.1) is 5.69 Å². The second kappa shape index (κ2) is 5.27. The van der Waals surface area contributed by atoms with Gasteiger partial charge in [-0.1, -0.05) is 13.8 Å². The van der Waals surface area contributed by atoms with Gasteiger partial charge in [0.1, 0.15) is 6.33 Å². The van der Waals surface area contributed by atoms with Crippen molar-refractivity contribution in [3.8, 4) is 5.82 Å². The Hall–Kier alpha value is -1.75.